The van der Waals surface area contributed by atoms with Crippen molar-refractivity contribution in [3.05, 3.63) is 30.2 Å². The summed E-state index contributed by atoms with van der Waals surface area (Å²) in [4.78, 5) is 11.7. The Balaban J connectivity index is 0.000000423. The molecular weight excluding hydrogens is 313 g/mol. The first-order valence-corrected chi connectivity index (χ1v) is 7.80. The summed E-state index contributed by atoms with van der Waals surface area (Å²) in [5, 5.41) is 0. The number of imidazole rings is 1. The molecule has 2 aromatic heterocycles. The van der Waals surface area contributed by atoms with Crippen LogP contribution in [-0.4, -0.2) is 47.7 Å². The molecule has 2 unspecified atom stereocenters. The molecule has 134 valence electrons. The fourth-order valence-corrected chi connectivity index (χ4v) is 1.99. The SMILES string of the molecule is C/C=C\C.CF.Cc1nc2c(OCC3COC(C)O3)nccc2[nH]1. The fraction of sp³-hybridized carbons (Fsp3) is 0.529. The Bertz CT molecular complexity index is 627. The Hall–Kier alpha value is -1.99. The maximum absolute atomic E-state index is 9.50. The number of rotatable bonds is 3. The highest BCUT2D eigenvalue weighted by Gasteiger charge is 2.23. The molecule has 3 heterocycles. The minimum atomic E-state index is -0.157. The van der Waals surface area contributed by atoms with Crippen molar-refractivity contribution < 1.29 is 18.6 Å². The number of hydrogen-bond donors (Lipinski definition) is 1. The number of halogens is 1. The lowest BCUT2D eigenvalue weighted by molar-refractivity contribution is -0.0488. The van der Waals surface area contributed by atoms with Crippen LogP contribution < -0.4 is 4.74 Å². The number of hydrogen-bond acceptors (Lipinski definition) is 5. The van der Waals surface area contributed by atoms with Crippen LogP contribution in [0.1, 0.15) is 26.6 Å². The molecule has 1 fully saturated rings. The number of nitrogens with zero attached hydrogens (tertiary/aromatic N) is 2. The zero-order valence-electron chi connectivity index (χ0n) is 14.9. The maximum atomic E-state index is 9.50. The van der Waals surface area contributed by atoms with Crippen molar-refractivity contribution in [2.24, 2.45) is 0 Å². The zero-order valence-corrected chi connectivity index (χ0v) is 14.9. The van der Waals surface area contributed by atoms with Gasteiger partial charge in [0.15, 0.2) is 11.8 Å². The van der Waals surface area contributed by atoms with Gasteiger partial charge in [0.2, 0.25) is 5.88 Å². The summed E-state index contributed by atoms with van der Waals surface area (Å²) in [5.74, 6) is 1.37. The third-order valence-corrected chi connectivity index (χ3v) is 3.13. The van der Waals surface area contributed by atoms with Crippen molar-refractivity contribution >= 4 is 11.0 Å². The predicted octanol–water partition coefficient (Wildman–Crippen LogP) is 3.57. The Morgan fingerprint density at radius 2 is 2.08 bits per heavy atom. The molecule has 0 radical (unpaired) electrons. The van der Waals surface area contributed by atoms with E-state index in [1.165, 1.54) is 0 Å². The van der Waals surface area contributed by atoms with Crippen LogP contribution in [0.25, 0.3) is 11.0 Å². The lowest BCUT2D eigenvalue weighted by Gasteiger charge is -2.10. The van der Waals surface area contributed by atoms with Crippen LogP contribution in [0.15, 0.2) is 24.4 Å². The summed E-state index contributed by atoms with van der Waals surface area (Å²) < 4.78 is 26.0. The van der Waals surface area contributed by atoms with Gasteiger partial charge in [0, 0.05) is 6.20 Å². The molecule has 1 aliphatic rings. The van der Waals surface area contributed by atoms with Crippen molar-refractivity contribution in [3.8, 4) is 5.88 Å². The predicted molar refractivity (Wildman–Crippen MR) is 91.9 cm³/mol. The Labute approximate surface area is 142 Å². The van der Waals surface area contributed by atoms with E-state index in [2.05, 4.69) is 15.0 Å². The Morgan fingerprint density at radius 1 is 1.38 bits per heavy atom. The molecule has 3 rings (SSSR count). The topological polar surface area (TPSA) is 69.3 Å². The highest BCUT2D eigenvalue weighted by molar-refractivity contribution is 5.79. The highest BCUT2D eigenvalue weighted by Crippen LogP contribution is 2.21. The van der Waals surface area contributed by atoms with Crippen LogP contribution in [-0.2, 0) is 9.47 Å². The molecule has 0 spiro atoms. The number of pyridine rings is 1. The number of fused-ring (bicyclic) bond motifs is 1. The van der Waals surface area contributed by atoms with Crippen molar-refractivity contribution in [1.82, 2.24) is 15.0 Å². The number of alkyl halides is 1. The molecule has 7 heteroatoms. The molecule has 2 atom stereocenters. The summed E-state index contributed by atoms with van der Waals surface area (Å²) in [6.45, 7) is 8.74. The lowest BCUT2D eigenvalue weighted by Crippen LogP contribution is -2.20. The molecular formula is C17H26FN3O3. The standard InChI is InChI=1S/C12H15N3O3.C4H8.CH3F/c1-7-14-10-3-4-13-12(11(10)15-7)17-6-9-5-16-8(2)18-9;1-3-4-2;1-2/h3-4,8-9H,5-6H2,1-2H3,(H,14,15);3-4H,1-2H3;1H3/b;4-3-;. The smallest absolute Gasteiger partial charge is 0.242 e. The lowest BCUT2D eigenvalue weighted by atomic mass is 10.4. The molecule has 24 heavy (non-hydrogen) atoms. The van der Waals surface area contributed by atoms with Gasteiger partial charge in [-0.3, -0.25) is 4.39 Å². The van der Waals surface area contributed by atoms with Gasteiger partial charge < -0.3 is 19.2 Å². The van der Waals surface area contributed by atoms with E-state index in [-0.39, 0.29) is 12.4 Å². The summed E-state index contributed by atoms with van der Waals surface area (Å²) in [5.41, 5.74) is 1.68. The minimum Gasteiger partial charge on any atom is -0.473 e. The summed E-state index contributed by atoms with van der Waals surface area (Å²) >= 11 is 0. The van der Waals surface area contributed by atoms with Gasteiger partial charge in [-0.15, -0.1) is 0 Å². The van der Waals surface area contributed by atoms with Gasteiger partial charge in [-0.25, -0.2) is 9.97 Å². The number of aryl methyl sites for hydroxylation is 1. The number of aromatic nitrogens is 3. The summed E-state index contributed by atoms with van der Waals surface area (Å²) in [6.07, 6.45) is 5.50. The molecule has 0 aliphatic carbocycles. The van der Waals surface area contributed by atoms with E-state index < -0.39 is 0 Å². The van der Waals surface area contributed by atoms with Gasteiger partial charge in [-0.2, -0.15) is 0 Å². The third-order valence-electron chi connectivity index (χ3n) is 3.13. The normalized spacial score (nSPS) is 19.6. The Kier molecular flexibility index (Phi) is 8.96. The van der Waals surface area contributed by atoms with Crippen LogP contribution in [0.4, 0.5) is 4.39 Å². The monoisotopic (exact) mass is 339 g/mol. The number of H-pyrrole nitrogens is 1. The molecule has 6 nitrogen and oxygen atoms in total. The first-order valence-electron chi connectivity index (χ1n) is 7.80. The van der Waals surface area contributed by atoms with E-state index in [4.69, 9.17) is 14.2 Å². The molecule has 1 aliphatic heterocycles. The maximum Gasteiger partial charge on any atom is 0.242 e. The van der Waals surface area contributed by atoms with Crippen LogP contribution in [0.2, 0.25) is 0 Å². The average molecular weight is 339 g/mol. The third kappa shape index (κ3) is 5.90. The number of aromatic amines is 1. The van der Waals surface area contributed by atoms with Gasteiger partial charge in [0.05, 0.1) is 19.3 Å². The quantitative estimate of drug-likeness (QED) is 0.866. The second kappa shape index (κ2) is 10.7. The zero-order chi connectivity index (χ0) is 17.9. The van der Waals surface area contributed by atoms with Crippen LogP contribution in [0.3, 0.4) is 0 Å². The van der Waals surface area contributed by atoms with E-state index >= 15 is 0 Å². The van der Waals surface area contributed by atoms with Gasteiger partial charge >= 0.3 is 0 Å². The molecule has 0 aromatic carbocycles. The molecule has 0 amide bonds. The molecule has 0 bridgehead atoms. The van der Waals surface area contributed by atoms with Crippen molar-refractivity contribution in [2.75, 3.05) is 20.4 Å². The van der Waals surface area contributed by atoms with Crippen LogP contribution in [0, 0.1) is 6.92 Å². The van der Waals surface area contributed by atoms with Gasteiger partial charge in [0.25, 0.3) is 0 Å². The van der Waals surface area contributed by atoms with Crippen molar-refractivity contribution in [3.63, 3.8) is 0 Å². The largest absolute Gasteiger partial charge is 0.473 e. The fourth-order valence-electron chi connectivity index (χ4n) is 1.99. The number of nitrogens with one attached hydrogen (secondary N) is 1. The molecule has 1 saturated heterocycles. The summed E-state index contributed by atoms with van der Waals surface area (Å²) in [6, 6.07) is 1.87. The van der Waals surface area contributed by atoms with Crippen LogP contribution in [0.5, 0.6) is 5.88 Å². The van der Waals surface area contributed by atoms with E-state index in [1.807, 2.05) is 45.9 Å². The average Bonchev–Trinajstić information content (AvgIpc) is 3.19. The summed E-state index contributed by atoms with van der Waals surface area (Å²) in [7, 11) is 0.500. The second-order valence-electron chi connectivity index (χ2n) is 4.97. The van der Waals surface area contributed by atoms with Gasteiger partial charge in [-0.05, 0) is 33.8 Å². The van der Waals surface area contributed by atoms with Crippen LogP contribution >= 0.6 is 0 Å². The number of ether oxygens (including phenoxy) is 3. The first kappa shape index (κ1) is 20.1. The van der Waals surface area contributed by atoms with Gasteiger partial charge in [-0.1, -0.05) is 12.2 Å². The molecule has 1 N–H and O–H groups in total. The molecule has 2 aromatic rings. The number of allylic oxidation sites excluding steroid dienone is 2. The second-order valence-corrected chi connectivity index (χ2v) is 4.97. The van der Waals surface area contributed by atoms with E-state index in [0.29, 0.717) is 26.3 Å². The van der Waals surface area contributed by atoms with E-state index in [9.17, 15) is 4.39 Å². The molecule has 0 saturated carbocycles. The van der Waals surface area contributed by atoms with E-state index in [1.54, 1.807) is 6.20 Å². The minimum absolute atomic E-state index is 0.0444. The highest BCUT2D eigenvalue weighted by atomic mass is 19.1. The van der Waals surface area contributed by atoms with Crippen molar-refractivity contribution in [1.29, 1.82) is 0 Å². The first-order chi connectivity index (χ1) is 11.6. The van der Waals surface area contributed by atoms with Gasteiger partial charge in [0.1, 0.15) is 18.5 Å². The van der Waals surface area contributed by atoms with E-state index in [0.717, 1.165) is 16.9 Å². The Morgan fingerprint density at radius 3 is 2.67 bits per heavy atom. The van der Waals surface area contributed by atoms with Crippen molar-refractivity contribution in [2.45, 2.75) is 40.1 Å².